The summed E-state index contributed by atoms with van der Waals surface area (Å²) in [5, 5.41) is 8.69. The lowest BCUT2D eigenvalue weighted by atomic mass is 10.0. The zero-order valence-electron chi connectivity index (χ0n) is 9.48. The van der Waals surface area contributed by atoms with Crippen LogP contribution in [0.2, 0.25) is 0 Å². The van der Waals surface area contributed by atoms with Gasteiger partial charge in [0.25, 0.3) is 0 Å². The van der Waals surface area contributed by atoms with Crippen LogP contribution >= 0.6 is 0 Å². The van der Waals surface area contributed by atoms with Crippen molar-refractivity contribution in [1.82, 2.24) is 0 Å². The van der Waals surface area contributed by atoms with E-state index in [0.29, 0.717) is 6.61 Å². The smallest absolute Gasteiger partial charge is 0.306 e. The lowest BCUT2D eigenvalue weighted by Gasteiger charge is -2.35. The van der Waals surface area contributed by atoms with Crippen molar-refractivity contribution in [3.05, 3.63) is 0 Å². The fourth-order valence-electron chi connectivity index (χ4n) is 2.28. The Morgan fingerprint density at radius 1 is 1.50 bits per heavy atom. The van der Waals surface area contributed by atoms with Crippen LogP contribution < -0.4 is 0 Å². The molecule has 5 nitrogen and oxygen atoms in total. The minimum Gasteiger partial charge on any atom is -0.481 e. The third-order valence-electron chi connectivity index (χ3n) is 3.12. The van der Waals surface area contributed by atoms with E-state index in [1.165, 1.54) is 0 Å². The number of ether oxygens (including phenoxy) is 3. The van der Waals surface area contributed by atoms with Crippen molar-refractivity contribution in [1.29, 1.82) is 0 Å². The number of carbonyl (C=O) groups is 1. The molecule has 5 heteroatoms. The molecule has 2 heterocycles. The van der Waals surface area contributed by atoms with Crippen molar-refractivity contribution >= 4 is 5.97 Å². The number of hydrogen-bond donors (Lipinski definition) is 1. The molecule has 0 saturated carbocycles. The third-order valence-corrected chi connectivity index (χ3v) is 3.12. The van der Waals surface area contributed by atoms with Crippen molar-refractivity contribution in [2.45, 2.75) is 50.6 Å². The summed E-state index contributed by atoms with van der Waals surface area (Å²) in [7, 11) is 0. The molecule has 3 unspecified atom stereocenters. The first kappa shape index (κ1) is 11.8. The van der Waals surface area contributed by atoms with Gasteiger partial charge in [0.2, 0.25) is 0 Å². The van der Waals surface area contributed by atoms with Crippen LogP contribution in [0, 0.1) is 0 Å². The fraction of sp³-hybridized carbons (Fsp3) is 0.909. The van der Waals surface area contributed by atoms with Gasteiger partial charge in [0, 0.05) is 6.61 Å². The van der Waals surface area contributed by atoms with Crippen LogP contribution in [0.3, 0.4) is 0 Å². The highest BCUT2D eigenvalue weighted by Crippen LogP contribution is 2.34. The van der Waals surface area contributed by atoms with Gasteiger partial charge in [0.05, 0.1) is 19.1 Å². The summed E-state index contributed by atoms with van der Waals surface area (Å²) in [5.74, 6) is -1.62. The van der Waals surface area contributed by atoms with Crippen LogP contribution in [0.1, 0.15) is 32.6 Å². The molecule has 16 heavy (non-hydrogen) atoms. The molecule has 0 aliphatic carbocycles. The highest BCUT2D eigenvalue weighted by Gasteiger charge is 2.45. The van der Waals surface area contributed by atoms with Crippen molar-refractivity contribution in [2.75, 3.05) is 13.2 Å². The Balaban J connectivity index is 1.91. The highest BCUT2D eigenvalue weighted by atomic mass is 16.8. The predicted octanol–water partition coefficient (Wildman–Crippen LogP) is 1.16. The largest absolute Gasteiger partial charge is 0.481 e. The summed E-state index contributed by atoms with van der Waals surface area (Å²) in [6, 6.07) is 0. The molecule has 2 saturated heterocycles. The summed E-state index contributed by atoms with van der Waals surface area (Å²) in [6.45, 7) is 2.91. The zero-order valence-corrected chi connectivity index (χ0v) is 9.48. The molecule has 2 fully saturated rings. The molecule has 0 radical (unpaired) electrons. The molecular weight excluding hydrogens is 212 g/mol. The van der Waals surface area contributed by atoms with E-state index in [4.69, 9.17) is 19.3 Å². The molecule has 0 spiro atoms. The van der Waals surface area contributed by atoms with Gasteiger partial charge < -0.3 is 19.3 Å². The Hall–Kier alpha value is -0.650. The van der Waals surface area contributed by atoms with Crippen molar-refractivity contribution in [2.24, 2.45) is 0 Å². The first-order valence-electron chi connectivity index (χ1n) is 5.75. The molecule has 3 atom stereocenters. The quantitative estimate of drug-likeness (QED) is 0.788. The first-order valence-corrected chi connectivity index (χ1v) is 5.75. The average molecular weight is 230 g/mol. The van der Waals surface area contributed by atoms with Crippen LogP contribution in [-0.2, 0) is 19.0 Å². The SMILES string of the molecule is CC1(C2CCCCO2)OCC(CC(=O)O)O1. The lowest BCUT2D eigenvalue weighted by Crippen LogP contribution is -2.44. The number of carboxylic acid groups (broad SMARTS) is 1. The molecule has 2 aliphatic rings. The zero-order chi connectivity index (χ0) is 11.6. The first-order chi connectivity index (χ1) is 7.60. The van der Waals surface area contributed by atoms with Crippen LogP contribution in [0.4, 0.5) is 0 Å². The topological polar surface area (TPSA) is 65.0 Å². The Morgan fingerprint density at radius 3 is 2.94 bits per heavy atom. The summed E-state index contributed by atoms with van der Waals surface area (Å²) in [4.78, 5) is 10.6. The van der Waals surface area contributed by atoms with E-state index in [-0.39, 0.29) is 18.6 Å². The van der Waals surface area contributed by atoms with Crippen LogP contribution in [0.25, 0.3) is 0 Å². The van der Waals surface area contributed by atoms with Gasteiger partial charge in [-0.3, -0.25) is 4.79 Å². The Labute approximate surface area is 94.7 Å². The predicted molar refractivity (Wildman–Crippen MR) is 55.1 cm³/mol. The lowest BCUT2D eigenvalue weighted by molar-refractivity contribution is -0.238. The van der Waals surface area contributed by atoms with Crippen LogP contribution in [-0.4, -0.2) is 42.3 Å². The van der Waals surface area contributed by atoms with Crippen molar-refractivity contribution in [3.63, 3.8) is 0 Å². The highest BCUT2D eigenvalue weighted by molar-refractivity contribution is 5.67. The molecule has 0 aromatic carbocycles. The minimum absolute atomic E-state index is 0.0116. The van der Waals surface area contributed by atoms with E-state index in [2.05, 4.69) is 0 Å². The Kier molecular flexibility index (Phi) is 3.47. The van der Waals surface area contributed by atoms with Crippen molar-refractivity contribution < 1.29 is 24.1 Å². The van der Waals surface area contributed by atoms with E-state index < -0.39 is 11.8 Å². The maximum atomic E-state index is 10.6. The minimum atomic E-state index is -0.859. The maximum Gasteiger partial charge on any atom is 0.306 e. The summed E-state index contributed by atoms with van der Waals surface area (Å²) >= 11 is 0. The van der Waals surface area contributed by atoms with Crippen LogP contribution in [0.5, 0.6) is 0 Å². The van der Waals surface area contributed by atoms with Gasteiger partial charge in [-0.25, -0.2) is 0 Å². The fourth-order valence-corrected chi connectivity index (χ4v) is 2.28. The standard InChI is InChI=1S/C11H18O5/c1-11(9-4-2-3-5-14-9)15-7-8(16-11)6-10(12)13/h8-9H,2-7H2,1H3,(H,12,13). The molecular formula is C11H18O5. The number of carboxylic acids is 1. The number of hydrogen-bond acceptors (Lipinski definition) is 4. The second-order valence-electron chi connectivity index (χ2n) is 4.52. The summed E-state index contributed by atoms with van der Waals surface area (Å²) in [6.07, 6.45) is 2.66. The molecule has 92 valence electrons. The Bertz CT molecular complexity index is 261. The van der Waals surface area contributed by atoms with E-state index in [0.717, 1.165) is 25.9 Å². The molecule has 0 aromatic rings. The maximum absolute atomic E-state index is 10.6. The number of rotatable bonds is 3. The summed E-state index contributed by atoms with van der Waals surface area (Å²) in [5.41, 5.74) is 0. The summed E-state index contributed by atoms with van der Waals surface area (Å²) < 4.78 is 16.9. The van der Waals surface area contributed by atoms with Gasteiger partial charge in [0.15, 0.2) is 5.79 Å². The molecule has 2 aliphatic heterocycles. The molecule has 2 rings (SSSR count). The van der Waals surface area contributed by atoms with E-state index in [1.54, 1.807) is 0 Å². The number of aliphatic carboxylic acids is 1. The molecule has 0 aromatic heterocycles. The normalized spacial score (nSPS) is 39.8. The van der Waals surface area contributed by atoms with Crippen molar-refractivity contribution in [3.8, 4) is 0 Å². The molecule has 0 amide bonds. The third kappa shape index (κ3) is 2.53. The van der Waals surface area contributed by atoms with Crippen LogP contribution in [0.15, 0.2) is 0 Å². The molecule has 1 N–H and O–H groups in total. The van der Waals surface area contributed by atoms with Gasteiger partial charge in [0.1, 0.15) is 6.10 Å². The van der Waals surface area contributed by atoms with E-state index in [9.17, 15) is 4.79 Å². The average Bonchev–Trinajstić information content (AvgIpc) is 2.62. The second-order valence-corrected chi connectivity index (χ2v) is 4.52. The van der Waals surface area contributed by atoms with Gasteiger partial charge >= 0.3 is 5.97 Å². The van der Waals surface area contributed by atoms with E-state index >= 15 is 0 Å². The van der Waals surface area contributed by atoms with Gasteiger partial charge in [-0.1, -0.05) is 0 Å². The van der Waals surface area contributed by atoms with E-state index in [1.807, 2.05) is 6.92 Å². The van der Waals surface area contributed by atoms with Gasteiger partial charge in [-0.05, 0) is 26.2 Å². The Morgan fingerprint density at radius 2 is 2.31 bits per heavy atom. The second kappa shape index (κ2) is 4.69. The monoisotopic (exact) mass is 230 g/mol. The van der Waals surface area contributed by atoms with Gasteiger partial charge in [-0.2, -0.15) is 0 Å². The van der Waals surface area contributed by atoms with Gasteiger partial charge in [-0.15, -0.1) is 0 Å². The molecule has 0 bridgehead atoms.